The van der Waals surface area contributed by atoms with Crippen molar-refractivity contribution in [3.63, 3.8) is 0 Å². The molecule has 0 aromatic heterocycles. The smallest absolute Gasteiger partial charge is 0.344 e. The van der Waals surface area contributed by atoms with Gasteiger partial charge in [-0.25, -0.2) is 0 Å². The van der Waals surface area contributed by atoms with E-state index in [1.807, 2.05) is 0 Å². The fourth-order valence-electron chi connectivity index (χ4n) is 0. The summed E-state index contributed by atoms with van der Waals surface area (Å²) in [5, 5.41) is 0. The van der Waals surface area contributed by atoms with E-state index in [1.54, 1.807) is 0 Å². The summed E-state index contributed by atoms with van der Waals surface area (Å²) in [6, 6.07) is 0. The average molecular weight is 240 g/mol. The molecule has 0 aliphatic rings. The summed E-state index contributed by atoms with van der Waals surface area (Å²) in [5.74, 6) is 0. The van der Waals surface area contributed by atoms with Gasteiger partial charge in [-0.1, -0.05) is 0 Å². The first kappa shape index (κ1) is 22.9. The Kier molecular flexibility index (Phi) is 15.4. The first-order chi connectivity index (χ1) is 4.00. The largest absolute Gasteiger partial charge is 0.394 e. The second-order valence-corrected chi connectivity index (χ2v) is 2.69. The van der Waals surface area contributed by atoms with Crippen LogP contribution >= 0.6 is 0 Å². The molecule has 0 aliphatic carbocycles. The predicted molar refractivity (Wildman–Crippen MR) is 41.9 cm³/mol. The van der Waals surface area contributed by atoms with Gasteiger partial charge >= 0.3 is 43.9 Å². The minimum absolute atomic E-state index is 0. The van der Waals surface area contributed by atoms with Crippen LogP contribution in [0.3, 0.4) is 0 Å². The van der Waals surface area contributed by atoms with E-state index < -0.39 is 20.8 Å². The lowest BCUT2D eigenvalue weighted by molar-refractivity contribution is 0.378. The summed E-state index contributed by atoms with van der Waals surface area (Å²) in [5.41, 5.74) is 0. The fraction of sp³-hybridized carbons (Fsp3) is 0. The Labute approximate surface area is 85.0 Å². The molecule has 0 aromatic carbocycles. The minimum Gasteiger partial charge on any atom is -0.344 e. The zero-order valence-electron chi connectivity index (χ0n) is 4.95. The topological polar surface area (TPSA) is 184 Å². The van der Waals surface area contributed by atoms with Crippen LogP contribution in [0.5, 0.6) is 0 Å². The molecule has 0 rings (SSSR count). The molecular weight excluding hydrogens is 230 g/mol. The average Bonchev–Trinajstić information content (AvgIpc) is 1.12. The molecule has 9 nitrogen and oxygen atoms in total. The van der Waals surface area contributed by atoms with Crippen LogP contribution in [0.15, 0.2) is 0 Å². The van der Waals surface area contributed by atoms with Crippen LogP contribution in [0.1, 0.15) is 0 Å². The van der Waals surface area contributed by atoms with Crippen LogP contribution in [0.25, 0.3) is 0 Å². The Bertz CT molecular complexity index is 213. The van der Waals surface area contributed by atoms with Crippen molar-refractivity contribution in [2.75, 3.05) is 0 Å². The molecule has 0 aliphatic heterocycles. The number of hydrogen-bond donors (Lipinski definition) is 5. The molecule has 0 fully saturated rings. The minimum atomic E-state index is -4.67. The molecule has 12 heavy (non-hydrogen) atoms. The van der Waals surface area contributed by atoms with Gasteiger partial charge < -0.3 is 6.15 Å². The molecule has 7 N–H and O–H groups in total. The Morgan fingerprint density at radius 3 is 0.667 bits per heavy atom. The van der Waals surface area contributed by atoms with Crippen LogP contribution in [0.2, 0.25) is 0 Å². The molecule has 0 amide bonds. The van der Waals surface area contributed by atoms with E-state index in [-0.39, 0.29) is 29.2 Å². The molecule has 0 aromatic rings. The van der Waals surface area contributed by atoms with Gasteiger partial charge in [0.2, 0.25) is 0 Å². The highest BCUT2D eigenvalue weighted by molar-refractivity contribution is 7.80. The molecule has 0 bridgehead atoms. The fourth-order valence-corrected chi connectivity index (χ4v) is 0. The first-order valence-electron chi connectivity index (χ1n) is 1.40. The van der Waals surface area contributed by atoms with Crippen molar-refractivity contribution in [1.29, 1.82) is 0 Å². The molecule has 0 radical (unpaired) electrons. The highest BCUT2D eigenvalue weighted by atomic mass is 32.3. The zero-order chi connectivity index (χ0) is 9.00. The summed E-state index contributed by atoms with van der Waals surface area (Å²) in [7, 11) is -9.33. The van der Waals surface area contributed by atoms with Crippen molar-refractivity contribution in [2.45, 2.75) is 0 Å². The SMILES string of the molecule is N.O=S(=O)(O)O.O=S(=O)(O)O.[MgH2]. The molecule has 12 heteroatoms. The van der Waals surface area contributed by atoms with E-state index in [1.165, 1.54) is 0 Å². The normalized spacial score (nSPS) is 9.67. The second kappa shape index (κ2) is 8.08. The van der Waals surface area contributed by atoms with E-state index in [4.69, 9.17) is 35.0 Å². The standard InChI is InChI=1S/Mg.H3N.2H2O4S.2H/c;;2*1-5(2,3)4;;/h;1H3;2*(H2,1,2,3,4);;. The van der Waals surface area contributed by atoms with Crippen molar-refractivity contribution in [2.24, 2.45) is 0 Å². The van der Waals surface area contributed by atoms with Gasteiger partial charge in [0.05, 0.1) is 0 Å². The van der Waals surface area contributed by atoms with E-state index in [2.05, 4.69) is 0 Å². The second-order valence-electron chi connectivity index (χ2n) is 0.896. The summed E-state index contributed by atoms with van der Waals surface area (Å²) >= 11 is 0. The highest BCUT2D eigenvalue weighted by Crippen LogP contribution is 1.59. The lowest BCUT2D eigenvalue weighted by Gasteiger charge is -1.68. The van der Waals surface area contributed by atoms with E-state index in [9.17, 15) is 0 Å². The Hall–Kier alpha value is 0.466. The summed E-state index contributed by atoms with van der Waals surface area (Å²) < 4.78 is 63.2. The molecule has 0 saturated carbocycles. The maximum absolute atomic E-state index is 8.74. The zero-order valence-corrected chi connectivity index (χ0v) is 6.58. The lowest BCUT2D eigenvalue weighted by Crippen LogP contribution is -1.89. The Morgan fingerprint density at radius 2 is 0.667 bits per heavy atom. The van der Waals surface area contributed by atoms with E-state index in [0.29, 0.717) is 0 Å². The van der Waals surface area contributed by atoms with Gasteiger partial charge in [0, 0.05) is 0 Å². The van der Waals surface area contributed by atoms with Crippen molar-refractivity contribution in [3.05, 3.63) is 0 Å². The van der Waals surface area contributed by atoms with Crippen molar-refractivity contribution < 1.29 is 35.0 Å². The van der Waals surface area contributed by atoms with E-state index >= 15 is 0 Å². The van der Waals surface area contributed by atoms with Gasteiger partial charge in [-0.15, -0.1) is 0 Å². The molecule has 0 unspecified atom stereocenters. The van der Waals surface area contributed by atoms with Gasteiger partial charge in [0.1, 0.15) is 0 Å². The maximum atomic E-state index is 8.74. The highest BCUT2D eigenvalue weighted by Gasteiger charge is 1.85. The van der Waals surface area contributed by atoms with Crippen LogP contribution in [0, 0.1) is 0 Å². The van der Waals surface area contributed by atoms with Crippen LogP contribution < -0.4 is 6.15 Å². The third kappa shape index (κ3) is 4310. The molecule has 76 valence electrons. The number of hydrogen-bond acceptors (Lipinski definition) is 5. The molecule has 0 heterocycles. The van der Waals surface area contributed by atoms with Crippen molar-refractivity contribution in [1.82, 2.24) is 6.15 Å². The quantitative estimate of drug-likeness (QED) is 0.234. The van der Waals surface area contributed by atoms with Crippen LogP contribution in [-0.2, 0) is 20.8 Å². The van der Waals surface area contributed by atoms with Crippen molar-refractivity contribution >= 4 is 43.9 Å². The summed E-state index contributed by atoms with van der Waals surface area (Å²) in [6.07, 6.45) is 0. The molecular formula is H9MgNO8S2. The van der Waals surface area contributed by atoms with Crippen LogP contribution in [-0.4, -0.2) is 58.1 Å². The van der Waals surface area contributed by atoms with E-state index in [0.717, 1.165) is 0 Å². The van der Waals surface area contributed by atoms with Gasteiger partial charge in [-0.2, -0.15) is 16.8 Å². The number of rotatable bonds is 0. The first-order valence-corrected chi connectivity index (χ1v) is 4.19. The summed E-state index contributed by atoms with van der Waals surface area (Å²) in [4.78, 5) is 0. The molecule has 0 saturated heterocycles. The van der Waals surface area contributed by atoms with Gasteiger partial charge in [-0.3, -0.25) is 18.2 Å². The van der Waals surface area contributed by atoms with Gasteiger partial charge in [0.15, 0.2) is 0 Å². The van der Waals surface area contributed by atoms with Gasteiger partial charge in [-0.05, 0) is 0 Å². The predicted octanol–water partition coefficient (Wildman–Crippen LogP) is -2.06. The molecule has 0 atom stereocenters. The maximum Gasteiger partial charge on any atom is 0.394 e. The monoisotopic (exact) mass is 239 g/mol. The van der Waals surface area contributed by atoms with Crippen molar-refractivity contribution in [3.8, 4) is 0 Å². The van der Waals surface area contributed by atoms with Crippen LogP contribution in [0.4, 0.5) is 0 Å². The van der Waals surface area contributed by atoms with Gasteiger partial charge in [0.25, 0.3) is 0 Å². The third-order valence-electron chi connectivity index (χ3n) is 0. The summed E-state index contributed by atoms with van der Waals surface area (Å²) in [6.45, 7) is 0. The molecule has 0 spiro atoms. The Morgan fingerprint density at radius 1 is 0.667 bits per heavy atom. The lowest BCUT2D eigenvalue weighted by atomic mass is 14.0. The Balaban J connectivity index is -0.0000000457. The third-order valence-corrected chi connectivity index (χ3v) is 0.